The molecule has 0 fully saturated rings. The van der Waals surface area contributed by atoms with Crippen LogP contribution in [0.3, 0.4) is 0 Å². The summed E-state index contributed by atoms with van der Waals surface area (Å²) in [4.78, 5) is 0. The van der Waals surface area contributed by atoms with Crippen molar-refractivity contribution in [2.75, 3.05) is 0 Å². The maximum absolute atomic E-state index is 14.3. The summed E-state index contributed by atoms with van der Waals surface area (Å²) in [6.45, 7) is 1.83. The second-order valence-electron chi connectivity index (χ2n) is 7.50. The maximum atomic E-state index is 14.3. The highest BCUT2D eigenvalue weighted by Gasteiger charge is 2.91. The number of aliphatic hydroxyl groups excluding tert-OH is 1. The SMILES string of the molecule is CCCCc1cccc(C(O)C(C)C(F)(F)C(F)(F)C(F)(F)C(F)(F)C(F)(F)C(F)(F)F)c1. The van der Waals surface area contributed by atoms with E-state index in [-0.39, 0.29) is 6.92 Å². The quantitative estimate of drug-likeness (QED) is 0.325. The molecule has 1 aromatic carbocycles. The molecule has 0 saturated carbocycles. The molecule has 0 spiro atoms. The van der Waals surface area contributed by atoms with E-state index in [1.165, 1.54) is 12.1 Å². The van der Waals surface area contributed by atoms with Crippen LogP contribution in [-0.4, -0.2) is 40.9 Å². The number of aryl methyl sites for hydroxylation is 1. The van der Waals surface area contributed by atoms with E-state index in [0.717, 1.165) is 12.1 Å². The highest BCUT2D eigenvalue weighted by Crippen LogP contribution is 2.61. The van der Waals surface area contributed by atoms with Crippen molar-refractivity contribution in [1.29, 1.82) is 0 Å². The minimum atomic E-state index is -7.96. The molecule has 1 rings (SSSR count). The van der Waals surface area contributed by atoms with Crippen LogP contribution in [-0.2, 0) is 6.42 Å². The highest BCUT2D eigenvalue weighted by molar-refractivity contribution is 5.26. The van der Waals surface area contributed by atoms with Crippen LogP contribution in [0.2, 0.25) is 0 Å². The van der Waals surface area contributed by atoms with Gasteiger partial charge in [0, 0.05) is 0 Å². The Morgan fingerprint density at radius 1 is 0.758 bits per heavy atom. The lowest BCUT2D eigenvalue weighted by atomic mass is 9.83. The monoisotopic (exact) mass is 510 g/mol. The molecule has 2 unspecified atom stereocenters. The summed E-state index contributed by atoms with van der Waals surface area (Å²) in [5.74, 6) is -40.7. The third-order valence-electron chi connectivity index (χ3n) is 5.11. The van der Waals surface area contributed by atoms with Crippen molar-refractivity contribution in [2.24, 2.45) is 5.92 Å². The molecule has 0 aliphatic carbocycles. The first kappa shape index (κ1) is 29.3. The Hall–Kier alpha value is -1.73. The molecule has 0 amide bonds. The van der Waals surface area contributed by atoms with Gasteiger partial charge < -0.3 is 5.11 Å². The zero-order chi connectivity index (χ0) is 26.3. The molecule has 0 aliphatic heterocycles. The number of hydrogen-bond donors (Lipinski definition) is 1. The van der Waals surface area contributed by atoms with E-state index in [1.807, 2.05) is 0 Å². The molecular weight excluding hydrogens is 491 g/mol. The van der Waals surface area contributed by atoms with E-state index in [2.05, 4.69) is 0 Å². The minimum Gasteiger partial charge on any atom is -0.388 e. The predicted octanol–water partition coefficient (Wildman–Crippen LogP) is 7.44. The molecule has 0 aromatic heterocycles. The van der Waals surface area contributed by atoms with Crippen LogP contribution in [0.5, 0.6) is 0 Å². The van der Waals surface area contributed by atoms with Crippen LogP contribution < -0.4 is 0 Å². The van der Waals surface area contributed by atoms with Crippen LogP contribution in [0.25, 0.3) is 0 Å². The standard InChI is InChI=1S/C19H19F13O/c1-3-4-6-11-7-5-8-12(9-11)13(33)10(2)14(20,21)15(22,23)16(24,25)17(26,27)18(28,29)19(30,31)32/h5,7-10,13,33H,3-4,6H2,1-2H3. The summed E-state index contributed by atoms with van der Waals surface area (Å²) in [5, 5.41) is 10.0. The Balaban J connectivity index is 3.41. The number of aliphatic hydroxyl groups is 1. The Kier molecular flexibility index (Phi) is 8.11. The molecular formula is C19H19F13O. The molecule has 0 heterocycles. The third-order valence-corrected chi connectivity index (χ3v) is 5.11. The normalized spacial score (nSPS) is 16.6. The lowest BCUT2D eigenvalue weighted by Crippen LogP contribution is -2.71. The average Bonchev–Trinajstić information content (AvgIpc) is 2.69. The topological polar surface area (TPSA) is 20.2 Å². The van der Waals surface area contributed by atoms with Crippen molar-refractivity contribution in [2.45, 2.75) is 75.0 Å². The van der Waals surface area contributed by atoms with Gasteiger partial charge in [0.1, 0.15) is 0 Å². The van der Waals surface area contributed by atoms with Crippen molar-refractivity contribution >= 4 is 0 Å². The van der Waals surface area contributed by atoms with E-state index in [4.69, 9.17) is 0 Å². The summed E-state index contributed by atoms with van der Waals surface area (Å²) in [6.07, 6.45) is -8.55. The molecule has 33 heavy (non-hydrogen) atoms. The highest BCUT2D eigenvalue weighted by atomic mass is 19.4. The minimum absolute atomic E-state index is 0.0351. The number of hydrogen-bond acceptors (Lipinski definition) is 1. The Morgan fingerprint density at radius 2 is 1.24 bits per heavy atom. The lowest BCUT2D eigenvalue weighted by molar-refractivity contribution is -0.444. The van der Waals surface area contributed by atoms with Crippen molar-refractivity contribution < 1.29 is 62.2 Å². The molecule has 0 bridgehead atoms. The van der Waals surface area contributed by atoms with Gasteiger partial charge in [-0.05, 0) is 24.0 Å². The van der Waals surface area contributed by atoms with Gasteiger partial charge in [-0.2, -0.15) is 57.1 Å². The maximum Gasteiger partial charge on any atom is 0.460 e. The van der Waals surface area contributed by atoms with Crippen molar-refractivity contribution in [1.82, 2.24) is 0 Å². The first-order valence-electron chi connectivity index (χ1n) is 9.34. The van der Waals surface area contributed by atoms with Crippen LogP contribution in [0.4, 0.5) is 57.1 Å². The van der Waals surface area contributed by atoms with Gasteiger partial charge >= 0.3 is 35.8 Å². The largest absolute Gasteiger partial charge is 0.460 e. The summed E-state index contributed by atoms with van der Waals surface area (Å²) < 4.78 is 173. The second-order valence-corrected chi connectivity index (χ2v) is 7.50. The summed E-state index contributed by atoms with van der Waals surface area (Å²) in [7, 11) is 0. The first-order valence-corrected chi connectivity index (χ1v) is 9.34. The first-order chi connectivity index (χ1) is 14.6. The zero-order valence-corrected chi connectivity index (χ0v) is 16.9. The molecule has 0 saturated heterocycles. The van der Waals surface area contributed by atoms with Crippen LogP contribution in [0.1, 0.15) is 43.9 Å². The molecule has 14 heteroatoms. The van der Waals surface area contributed by atoms with Gasteiger partial charge in [0.05, 0.1) is 12.0 Å². The molecule has 0 radical (unpaired) electrons. The number of rotatable bonds is 10. The van der Waals surface area contributed by atoms with Crippen LogP contribution in [0, 0.1) is 5.92 Å². The fourth-order valence-electron chi connectivity index (χ4n) is 2.87. The van der Waals surface area contributed by atoms with Gasteiger partial charge in [0.25, 0.3) is 0 Å². The van der Waals surface area contributed by atoms with Gasteiger partial charge in [0.2, 0.25) is 0 Å². The average molecular weight is 510 g/mol. The Labute approximate surface area is 179 Å². The van der Waals surface area contributed by atoms with E-state index >= 15 is 0 Å². The van der Waals surface area contributed by atoms with Crippen LogP contribution in [0.15, 0.2) is 24.3 Å². The van der Waals surface area contributed by atoms with Gasteiger partial charge in [0.15, 0.2) is 0 Å². The third kappa shape index (κ3) is 4.76. The van der Waals surface area contributed by atoms with Gasteiger partial charge in [-0.1, -0.05) is 44.5 Å². The smallest absolute Gasteiger partial charge is 0.388 e. The van der Waals surface area contributed by atoms with Crippen LogP contribution >= 0.6 is 0 Å². The zero-order valence-electron chi connectivity index (χ0n) is 16.9. The molecule has 1 aromatic rings. The molecule has 1 nitrogen and oxygen atoms in total. The lowest BCUT2D eigenvalue weighted by Gasteiger charge is -2.42. The number of halogens is 13. The van der Waals surface area contributed by atoms with Crippen molar-refractivity contribution in [3.8, 4) is 0 Å². The van der Waals surface area contributed by atoms with Gasteiger partial charge in [-0.15, -0.1) is 0 Å². The number of unbranched alkanes of at least 4 members (excludes halogenated alkanes) is 1. The second kappa shape index (κ2) is 9.14. The molecule has 192 valence electrons. The molecule has 0 aliphatic rings. The number of alkyl halides is 13. The molecule has 1 N–H and O–H groups in total. The predicted molar refractivity (Wildman–Crippen MR) is 90.0 cm³/mol. The van der Waals surface area contributed by atoms with E-state index in [0.29, 0.717) is 24.8 Å². The summed E-state index contributed by atoms with van der Waals surface area (Å²) >= 11 is 0. The van der Waals surface area contributed by atoms with Crippen molar-refractivity contribution in [3.63, 3.8) is 0 Å². The summed E-state index contributed by atoms with van der Waals surface area (Å²) in [6, 6.07) is 4.63. The van der Waals surface area contributed by atoms with Gasteiger partial charge in [-0.3, -0.25) is 0 Å². The van der Waals surface area contributed by atoms with Crippen molar-refractivity contribution in [3.05, 3.63) is 35.4 Å². The fourth-order valence-corrected chi connectivity index (χ4v) is 2.87. The summed E-state index contributed by atoms with van der Waals surface area (Å²) in [5.41, 5.74) is -0.0976. The van der Waals surface area contributed by atoms with E-state index < -0.39 is 53.4 Å². The van der Waals surface area contributed by atoms with E-state index in [1.54, 1.807) is 6.92 Å². The van der Waals surface area contributed by atoms with Gasteiger partial charge in [-0.25, -0.2) is 0 Å². The number of benzene rings is 1. The van der Waals surface area contributed by atoms with E-state index in [9.17, 15) is 62.2 Å². The molecule has 2 atom stereocenters. The Bertz CT molecular complexity index is 801. The Morgan fingerprint density at radius 3 is 1.70 bits per heavy atom. The fraction of sp³-hybridized carbons (Fsp3) is 0.684.